The molecule has 0 radical (unpaired) electrons. The summed E-state index contributed by atoms with van der Waals surface area (Å²) in [6.07, 6.45) is 1.12. The molecule has 2 rings (SSSR count). The molecule has 0 spiro atoms. The van der Waals surface area contributed by atoms with Crippen molar-refractivity contribution in [3.8, 4) is 0 Å². The van der Waals surface area contributed by atoms with Crippen molar-refractivity contribution in [2.24, 2.45) is 5.92 Å². The molecule has 3 heteroatoms. The summed E-state index contributed by atoms with van der Waals surface area (Å²) in [5.41, 5.74) is 1.19. The predicted molar refractivity (Wildman–Crippen MR) is 60.8 cm³/mol. The third-order valence-electron chi connectivity index (χ3n) is 3.44. The fraction of sp³-hybridized carbons (Fsp3) is 0.500. The fourth-order valence-corrected chi connectivity index (χ4v) is 2.48. The molecule has 0 aliphatic heterocycles. The van der Waals surface area contributed by atoms with Crippen molar-refractivity contribution in [3.63, 3.8) is 0 Å². The Morgan fingerprint density at radius 1 is 1.60 bits per heavy atom. The van der Waals surface area contributed by atoms with Crippen molar-refractivity contribution in [1.29, 1.82) is 0 Å². The van der Waals surface area contributed by atoms with E-state index in [1.807, 2.05) is 13.1 Å². The molecule has 0 bridgehead atoms. The van der Waals surface area contributed by atoms with Crippen LogP contribution in [0.25, 0.3) is 0 Å². The summed E-state index contributed by atoms with van der Waals surface area (Å²) in [7, 11) is 1.93. The number of nitrogens with one attached hydrogen (secondary N) is 1. The van der Waals surface area contributed by atoms with Crippen molar-refractivity contribution in [3.05, 3.63) is 34.6 Å². The maximum atomic E-state index is 13.4. The van der Waals surface area contributed by atoms with Crippen LogP contribution in [0, 0.1) is 11.7 Å². The minimum absolute atomic E-state index is 0.125. The molecule has 1 aromatic rings. The van der Waals surface area contributed by atoms with Crippen molar-refractivity contribution in [2.75, 3.05) is 13.6 Å². The molecule has 1 aromatic carbocycles. The summed E-state index contributed by atoms with van der Waals surface area (Å²) < 4.78 is 13.4. The number of benzene rings is 1. The highest BCUT2D eigenvalue weighted by Gasteiger charge is 2.51. The van der Waals surface area contributed by atoms with Gasteiger partial charge in [0, 0.05) is 12.0 Å². The molecule has 0 amide bonds. The van der Waals surface area contributed by atoms with Gasteiger partial charge in [0.15, 0.2) is 0 Å². The van der Waals surface area contributed by atoms with Gasteiger partial charge in [-0.05, 0) is 37.1 Å². The van der Waals surface area contributed by atoms with Gasteiger partial charge in [-0.2, -0.15) is 0 Å². The first-order valence-electron chi connectivity index (χ1n) is 5.20. The van der Waals surface area contributed by atoms with E-state index in [0.717, 1.165) is 18.5 Å². The first kappa shape index (κ1) is 10.9. The minimum Gasteiger partial charge on any atom is -0.319 e. The fourth-order valence-electron chi connectivity index (χ4n) is 2.36. The van der Waals surface area contributed by atoms with E-state index < -0.39 is 0 Å². The van der Waals surface area contributed by atoms with Crippen LogP contribution < -0.4 is 5.32 Å². The Labute approximate surface area is 94.6 Å². The van der Waals surface area contributed by atoms with Gasteiger partial charge >= 0.3 is 0 Å². The lowest BCUT2D eigenvalue weighted by Gasteiger charge is -2.17. The molecule has 1 aliphatic rings. The molecule has 0 aromatic heterocycles. The van der Waals surface area contributed by atoms with Crippen LogP contribution in [0.1, 0.15) is 18.9 Å². The number of hydrogen-bond acceptors (Lipinski definition) is 1. The van der Waals surface area contributed by atoms with Gasteiger partial charge in [-0.1, -0.05) is 24.6 Å². The maximum Gasteiger partial charge on any atom is 0.142 e. The van der Waals surface area contributed by atoms with Gasteiger partial charge in [0.1, 0.15) is 5.82 Å². The molecule has 1 nitrogen and oxygen atoms in total. The second-order valence-electron chi connectivity index (χ2n) is 4.42. The van der Waals surface area contributed by atoms with E-state index in [1.165, 1.54) is 0 Å². The van der Waals surface area contributed by atoms with Crippen LogP contribution in [0.5, 0.6) is 0 Å². The molecular weight excluding hydrogens is 213 g/mol. The van der Waals surface area contributed by atoms with Gasteiger partial charge in [-0.15, -0.1) is 0 Å². The summed E-state index contributed by atoms with van der Waals surface area (Å²) in [6.45, 7) is 3.10. The zero-order valence-electron chi connectivity index (χ0n) is 8.98. The van der Waals surface area contributed by atoms with Crippen LogP contribution in [0.4, 0.5) is 4.39 Å². The van der Waals surface area contributed by atoms with E-state index in [0.29, 0.717) is 5.92 Å². The highest BCUT2D eigenvalue weighted by atomic mass is 35.5. The smallest absolute Gasteiger partial charge is 0.142 e. The maximum absolute atomic E-state index is 13.4. The van der Waals surface area contributed by atoms with Crippen molar-refractivity contribution in [2.45, 2.75) is 18.8 Å². The monoisotopic (exact) mass is 227 g/mol. The Morgan fingerprint density at radius 3 is 2.73 bits per heavy atom. The number of rotatable bonds is 3. The third kappa shape index (κ3) is 1.77. The van der Waals surface area contributed by atoms with Gasteiger partial charge in [-0.25, -0.2) is 4.39 Å². The molecule has 82 valence electrons. The summed E-state index contributed by atoms with van der Waals surface area (Å²) in [6, 6.07) is 5.16. The second kappa shape index (κ2) is 3.76. The number of hydrogen-bond donors (Lipinski definition) is 1. The third-order valence-corrected chi connectivity index (χ3v) is 3.75. The predicted octanol–water partition coefficient (Wildman–Crippen LogP) is 2.98. The van der Waals surface area contributed by atoms with Gasteiger partial charge in [-0.3, -0.25) is 0 Å². The van der Waals surface area contributed by atoms with E-state index >= 15 is 0 Å². The van der Waals surface area contributed by atoms with Gasteiger partial charge in [0.25, 0.3) is 0 Å². The Balaban J connectivity index is 2.32. The summed E-state index contributed by atoms with van der Waals surface area (Å²) >= 11 is 5.67. The van der Waals surface area contributed by atoms with Gasteiger partial charge in [0.05, 0.1) is 5.02 Å². The molecule has 2 atom stereocenters. The Morgan fingerprint density at radius 2 is 2.27 bits per heavy atom. The van der Waals surface area contributed by atoms with Crippen LogP contribution in [0.15, 0.2) is 18.2 Å². The van der Waals surface area contributed by atoms with E-state index in [9.17, 15) is 4.39 Å². The Bertz CT molecular complexity index is 380. The zero-order valence-corrected chi connectivity index (χ0v) is 9.74. The first-order valence-corrected chi connectivity index (χ1v) is 5.58. The molecule has 15 heavy (non-hydrogen) atoms. The van der Waals surface area contributed by atoms with Gasteiger partial charge in [0.2, 0.25) is 0 Å². The minimum atomic E-state index is -0.316. The first-order chi connectivity index (χ1) is 7.10. The second-order valence-corrected chi connectivity index (χ2v) is 4.83. The average Bonchev–Trinajstić information content (AvgIpc) is 2.83. The van der Waals surface area contributed by atoms with E-state index in [2.05, 4.69) is 12.2 Å². The summed E-state index contributed by atoms with van der Waals surface area (Å²) in [4.78, 5) is 0. The zero-order chi connectivity index (χ0) is 11.1. The van der Waals surface area contributed by atoms with Crippen molar-refractivity contribution >= 4 is 11.6 Å². The van der Waals surface area contributed by atoms with Crippen LogP contribution in [0.2, 0.25) is 5.02 Å². The van der Waals surface area contributed by atoms with Crippen molar-refractivity contribution in [1.82, 2.24) is 5.32 Å². The normalized spacial score (nSPS) is 29.2. The number of likely N-dealkylation sites (N-methyl/N-ethyl adjacent to an activating group) is 1. The molecule has 1 aliphatic carbocycles. The molecule has 1 N–H and O–H groups in total. The highest BCUT2D eigenvalue weighted by molar-refractivity contribution is 6.30. The average molecular weight is 228 g/mol. The van der Waals surface area contributed by atoms with E-state index in [4.69, 9.17) is 11.6 Å². The summed E-state index contributed by atoms with van der Waals surface area (Å²) in [5, 5.41) is 3.38. The van der Waals surface area contributed by atoms with E-state index in [-0.39, 0.29) is 16.3 Å². The van der Waals surface area contributed by atoms with Crippen LogP contribution in [-0.4, -0.2) is 13.6 Å². The topological polar surface area (TPSA) is 12.0 Å². The molecule has 1 saturated carbocycles. The Kier molecular flexibility index (Phi) is 2.73. The lowest BCUT2D eigenvalue weighted by atomic mass is 9.93. The highest BCUT2D eigenvalue weighted by Crippen LogP contribution is 2.53. The van der Waals surface area contributed by atoms with E-state index in [1.54, 1.807) is 12.1 Å². The lowest BCUT2D eigenvalue weighted by Crippen LogP contribution is -2.25. The number of halogens is 2. The van der Waals surface area contributed by atoms with Crippen LogP contribution in [-0.2, 0) is 5.41 Å². The largest absolute Gasteiger partial charge is 0.319 e. The van der Waals surface area contributed by atoms with Crippen LogP contribution in [0.3, 0.4) is 0 Å². The van der Waals surface area contributed by atoms with Crippen molar-refractivity contribution < 1.29 is 4.39 Å². The SMILES string of the molecule is CNCC1(c2ccc(Cl)c(F)c2)C[C@H]1C. The summed E-state index contributed by atoms with van der Waals surface area (Å²) in [5.74, 6) is 0.300. The lowest BCUT2D eigenvalue weighted by molar-refractivity contribution is 0.569. The quantitative estimate of drug-likeness (QED) is 0.837. The standard InChI is InChI=1S/C12H15ClFN/c1-8-6-12(8,7-15-2)9-3-4-10(13)11(14)5-9/h3-5,8,15H,6-7H2,1-2H3/t8-,12?/m1/s1. The molecular formula is C12H15ClFN. The van der Waals surface area contributed by atoms with Crippen LogP contribution >= 0.6 is 11.6 Å². The van der Waals surface area contributed by atoms with Gasteiger partial charge < -0.3 is 5.32 Å². The molecule has 0 heterocycles. The molecule has 1 unspecified atom stereocenters. The molecule has 1 fully saturated rings. The Hall–Kier alpha value is -0.600. The molecule has 0 saturated heterocycles.